The van der Waals surface area contributed by atoms with Crippen LogP contribution >= 0.6 is 11.6 Å². The number of hydrogen-bond acceptors (Lipinski definition) is 3. The van der Waals surface area contributed by atoms with Gasteiger partial charge in [0, 0.05) is 5.56 Å². The Morgan fingerprint density at radius 1 is 1.54 bits per heavy atom. The fourth-order valence-electron chi connectivity index (χ4n) is 0.949. The zero-order chi connectivity index (χ0) is 9.84. The Balaban J connectivity index is 3.10. The maximum Gasteiger partial charge on any atom is 0.137 e. The molecular weight excluding hydrogens is 190 g/mol. The van der Waals surface area contributed by atoms with Crippen LogP contribution in [0.3, 0.4) is 0 Å². The first-order chi connectivity index (χ1) is 6.19. The molecule has 0 bridgehead atoms. The van der Waals surface area contributed by atoms with Gasteiger partial charge in [0.05, 0.1) is 17.8 Å². The quantitative estimate of drug-likeness (QED) is 0.452. The molecule has 1 N–H and O–H groups in total. The fourth-order valence-corrected chi connectivity index (χ4v) is 1.21. The van der Waals surface area contributed by atoms with E-state index in [0.29, 0.717) is 16.5 Å². The van der Waals surface area contributed by atoms with E-state index in [1.54, 1.807) is 32.2 Å². The highest BCUT2D eigenvalue weighted by Crippen LogP contribution is 2.24. The second kappa shape index (κ2) is 4.14. The maximum atomic E-state index is 8.52. The highest BCUT2D eigenvalue weighted by molar-refractivity contribution is 6.32. The summed E-state index contributed by atoms with van der Waals surface area (Å²) in [6.45, 7) is 1.69. The lowest BCUT2D eigenvalue weighted by Crippen LogP contribution is -1.94. The number of ether oxygens (including phenoxy) is 1. The van der Waals surface area contributed by atoms with E-state index in [0.717, 1.165) is 5.56 Å². The third-order valence-corrected chi connectivity index (χ3v) is 2.01. The molecule has 0 aliphatic carbocycles. The molecule has 0 amide bonds. The number of nitrogens with zero attached hydrogens (tertiary/aromatic N) is 1. The van der Waals surface area contributed by atoms with Gasteiger partial charge in [-0.05, 0) is 25.1 Å². The van der Waals surface area contributed by atoms with Crippen LogP contribution in [0.5, 0.6) is 5.75 Å². The van der Waals surface area contributed by atoms with Gasteiger partial charge in [-0.15, -0.1) is 0 Å². The molecular formula is C9H10ClNO2. The SMILES string of the molecule is COc1ccc(C(C)=NO)cc1Cl. The molecule has 0 spiro atoms. The van der Waals surface area contributed by atoms with E-state index in [1.807, 2.05) is 0 Å². The molecule has 4 heteroatoms. The van der Waals surface area contributed by atoms with E-state index in [4.69, 9.17) is 21.5 Å². The third kappa shape index (κ3) is 2.12. The van der Waals surface area contributed by atoms with Crippen LogP contribution in [0.25, 0.3) is 0 Å². The van der Waals surface area contributed by atoms with E-state index in [1.165, 1.54) is 0 Å². The Kier molecular flexibility index (Phi) is 3.14. The molecule has 70 valence electrons. The van der Waals surface area contributed by atoms with Crippen molar-refractivity contribution in [2.45, 2.75) is 6.92 Å². The Bertz CT molecular complexity index is 336. The molecule has 1 rings (SSSR count). The first-order valence-electron chi connectivity index (χ1n) is 3.71. The first-order valence-corrected chi connectivity index (χ1v) is 4.09. The van der Waals surface area contributed by atoms with Gasteiger partial charge in [0.25, 0.3) is 0 Å². The normalized spacial score (nSPS) is 11.5. The smallest absolute Gasteiger partial charge is 0.137 e. The molecule has 13 heavy (non-hydrogen) atoms. The molecule has 0 aliphatic heterocycles. The molecule has 0 aliphatic rings. The van der Waals surface area contributed by atoms with Crippen LogP contribution < -0.4 is 4.74 Å². The summed E-state index contributed by atoms with van der Waals surface area (Å²) in [7, 11) is 1.55. The predicted molar refractivity (Wildman–Crippen MR) is 52.0 cm³/mol. The second-order valence-electron chi connectivity index (χ2n) is 2.53. The van der Waals surface area contributed by atoms with E-state index in [2.05, 4.69) is 5.16 Å². The van der Waals surface area contributed by atoms with Gasteiger partial charge >= 0.3 is 0 Å². The number of rotatable bonds is 2. The average Bonchev–Trinajstić information content (AvgIpc) is 2.16. The molecule has 0 radical (unpaired) electrons. The molecule has 0 saturated carbocycles. The Morgan fingerprint density at radius 2 is 2.23 bits per heavy atom. The van der Waals surface area contributed by atoms with Gasteiger partial charge in [0.2, 0.25) is 0 Å². The Labute approximate surface area is 81.6 Å². The third-order valence-electron chi connectivity index (χ3n) is 1.72. The minimum atomic E-state index is 0.503. The molecule has 0 atom stereocenters. The van der Waals surface area contributed by atoms with Crippen molar-refractivity contribution in [3.05, 3.63) is 28.8 Å². The van der Waals surface area contributed by atoms with Crippen molar-refractivity contribution >= 4 is 17.3 Å². The van der Waals surface area contributed by atoms with Gasteiger partial charge in [-0.1, -0.05) is 16.8 Å². The minimum Gasteiger partial charge on any atom is -0.495 e. The van der Waals surface area contributed by atoms with Gasteiger partial charge in [-0.25, -0.2) is 0 Å². The van der Waals surface area contributed by atoms with Gasteiger partial charge in [-0.2, -0.15) is 0 Å². The van der Waals surface area contributed by atoms with Gasteiger partial charge in [0.1, 0.15) is 5.75 Å². The lowest BCUT2D eigenvalue weighted by Gasteiger charge is -2.04. The second-order valence-corrected chi connectivity index (χ2v) is 2.94. The highest BCUT2D eigenvalue weighted by atomic mass is 35.5. The molecule has 0 unspecified atom stereocenters. The van der Waals surface area contributed by atoms with Crippen LogP contribution in [0.15, 0.2) is 23.4 Å². The van der Waals surface area contributed by atoms with Crippen molar-refractivity contribution in [2.75, 3.05) is 7.11 Å². The van der Waals surface area contributed by atoms with Crippen molar-refractivity contribution in [3.63, 3.8) is 0 Å². The number of hydrogen-bond donors (Lipinski definition) is 1. The van der Waals surface area contributed by atoms with E-state index in [9.17, 15) is 0 Å². The molecule has 3 nitrogen and oxygen atoms in total. The van der Waals surface area contributed by atoms with Crippen LogP contribution in [0, 0.1) is 0 Å². The fraction of sp³-hybridized carbons (Fsp3) is 0.222. The van der Waals surface area contributed by atoms with E-state index < -0.39 is 0 Å². The monoisotopic (exact) mass is 199 g/mol. The largest absolute Gasteiger partial charge is 0.495 e. The summed E-state index contributed by atoms with van der Waals surface area (Å²) in [5.74, 6) is 0.608. The van der Waals surface area contributed by atoms with Crippen LogP contribution in [0.1, 0.15) is 12.5 Å². The van der Waals surface area contributed by atoms with Crippen molar-refractivity contribution in [1.82, 2.24) is 0 Å². The summed E-state index contributed by atoms with van der Waals surface area (Å²) in [6, 6.07) is 5.20. The summed E-state index contributed by atoms with van der Waals surface area (Å²) in [4.78, 5) is 0. The van der Waals surface area contributed by atoms with Crippen LogP contribution in [-0.4, -0.2) is 18.0 Å². The zero-order valence-corrected chi connectivity index (χ0v) is 8.17. The summed E-state index contributed by atoms with van der Waals surface area (Å²) in [5.41, 5.74) is 1.29. The first kappa shape index (κ1) is 9.86. The summed E-state index contributed by atoms with van der Waals surface area (Å²) in [5, 5.41) is 12.1. The average molecular weight is 200 g/mol. The summed E-state index contributed by atoms with van der Waals surface area (Å²) < 4.78 is 4.98. The topological polar surface area (TPSA) is 41.8 Å². The van der Waals surface area contributed by atoms with Crippen molar-refractivity contribution in [1.29, 1.82) is 0 Å². The predicted octanol–water partition coefficient (Wildman–Crippen LogP) is 2.55. The summed E-state index contributed by atoms with van der Waals surface area (Å²) >= 11 is 5.87. The van der Waals surface area contributed by atoms with Crippen LogP contribution in [0.4, 0.5) is 0 Å². The molecule has 1 aromatic carbocycles. The van der Waals surface area contributed by atoms with Crippen molar-refractivity contribution < 1.29 is 9.94 Å². The lowest BCUT2D eigenvalue weighted by atomic mass is 10.1. The van der Waals surface area contributed by atoms with Gasteiger partial charge in [0.15, 0.2) is 0 Å². The van der Waals surface area contributed by atoms with Crippen molar-refractivity contribution in [2.24, 2.45) is 5.16 Å². The molecule has 0 heterocycles. The molecule has 0 saturated heterocycles. The van der Waals surface area contributed by atoms with Gasteiger partial charge < -0.3 is 9.94 Å². The van der Waals surface area contributed by atoms with Crippen molar-refractivity contribution in [3.8, 4) is 5.75 Å². The Morgan fingerprint density at radius 3 is 2.69 bits per heavy atom. The Hall–Kier alpha value is -1.22. The van der Waals surface area contributed by atoms with E-state index in [-0.39, 0.29) is 0 Å². The molecule has 0 aromatic heterocycles. The number of methoxy groups -OCH3 is 1. The summed E-state index contributed by atoms with van der Waals surface area (Å²) in [6.07, 6.45) is 0. The number of oxime groups is 1. The molecule has 1 aromatic rings. The minimum absolute atomic E-state index is 0.503. The molecule has 0 fully saturated rings. The highest BCUT2D eigenvalue weighted by Gasteiger charge is 2.03. The van der Waals surface area contributed by atoms with Crippen LogP contribution in [0.2, 0.25) is 5.02 Å². The van der Waals surface area contributed by atoms with Crippen LogP contribution in [-0.2, 0) is 0 Å². The van der Waals surface area contributed by atoms with E-state index >= 15 is 0 Å². The lowest BCUT2D eigenvalue weighted by molar-refractivity contribution is 0.319. The maximum absolute atomic E-state index is 8.52. The van der Waals surface area contributed by atoms with Gasteiger partial charge in [-0.3, -0.25) is 0 Å². The zero-order valence-electron chi connectivity index (χ0n) is 7.41. The number of benzene rings is 1. The standard InChI is InChI=1S/C9H10ClNO2/c1-6(11-12)7-3-4-9(13-2)8(10)5-7/h3-5,12H,1-2H3. The number of halogens is 1.